The van der Waals surface area contributed by atoms with Gasteiger partial charge in [-0.1, -0.05) is 6.92 Å². The van der Waals surface area contributed by atoms with E-state index in [2.05, 4.69) is 12.2 Å². The summed E-state index contributed by atoms with van der Waals surface area (Å²) in [5, 5.41) is 3.36. The van der Waals surface area contributed by atoms with Crippen LogP contribution in [-0.2, 0) is 9.53 Å². The van der Waals surface area contributed by atoms with Gasteiger partial charge in [0.2, 0.25) is 5.91 Å². The Morgan fingerprint density at radius 1 is 1.47 bits per heavy atom. The zero-order valence-electron chi connectivity index (χ0n) is 9.79. The molecule has 4 heteroatoms. The van der Waals surface area contributed by atoms with Crippen molar-refractivity contribution in [2.75, 3.05) is 39.9 Å². The van der Waals surface area contributed by atoms with Gasteiger partial charge in [-0.05, 0) is 31.8 Å². The van der Waals surface area contributed by atoms with Gasteiger partial charge >= 0.3 is 0 Å². The van der Waals surface area contributed by atoms with Crippen molar-refractivity contribution in [1.82, 2.24) is 10.2 Å². The van der Waals surface area contributed by atoms with Crippen LogP contribution in [0.1, 0.15) is 19.8 Å². The number of ether oxygens (including phenoxy) is 1. The van der Waals surface area contributed by atoms with E-state index >= 15 is 0 Å². The van der Waals surface area contributed by atoms with Crippen molar-refractivity contribution >= 4 is 5.91 Å². The minimum atomic E-state index is 0.124. The lowest BCUT2D eigenvalue weighted by Crippen LogP contribution is -2.42. The Labute approximate surface area is 92.0 Å². The molecule has 88 valence electrons. The largest absolute Gasteiger partial charge is 0.375 e. The average Bonchev–Trinajstić information content (AvgIpc) is 2.27. The Balaban J connectivity index is 2.20. The number of rotatable bonds is 5. The first-order valence-electron chi connectivity index (χ1n) is 5.75. The van der Waals surface area contributed by atoms with E-state index in [1.807, 2.05) is 4.90 Å². The molecule has 0 radical (unpaired) electrons. The van der Waals surface area contributed by atoms with Gasteiger partial charge in [-0.3, -0.25) is 4.79 Å². The van der Waals surface area contributed by atoms with Gasteiger partial charge in [0.1, 0.15) is 6.61 Å². The number of hydrogen-bond acceptors (Lipinski definition) is 3. The maximum atomic E-state index is 11.5. The molecular formula is C11H22N2O2. The third kappa shape index (κ3) is 4.18. The summed E-state index contributed by atoms with van der Waals surface area (Å²) < 4.78 is 4.85. The molecule has 0 atom stereocenters. The number of piperidine rings is 1. The normalized spacial score (nSPS) is 18.1. The highest BCUT2D eigenvalue weighted by Gasteiger charge is 2.21. The van der Waals surface area contributed by atoms with Crippen LogP contribution >= 0.6 is 0 Å². The number of nitrogens with one attached hydrogen (secondary N) is 1. The van der Waals surface area contributed by atoms with E-state index in [1.54, 1.807) is 7.11 Å². The summed E-state index contributed by atoms with van der Waals surface area (Å²) in [7, 11) is 1.57. The Hall–Kier alpha value is -0.610. The topological polar surface area (TPSA) is 41.6 Å². The lowest BCUT2D eigenvalue weighted by atomic mass is 9.97. The first-order valence-corrected chi connectivity index (χ1v) is 5.75. The van der Waals surface area contributed by atoms with Crippen molar-refractivity contribution in [3.63, 3.8) is 0 Å². The van der Waals surface area contributed by atoms with Gasteiger partial charge in [0, 0.05) is 20.2 Å². The van der Waals surface area contributed by atoms with Gasteiger partial charge < -0.3 is 15.0 Å². The Morgan fingerprint density at radius 2 is 2.13 bits per heavy atom. The number of methoxy groups -OCH3 is 1. The van der Waals surface area contributed by atoms with Gasteiger partial charge in [0.25, 0.3) is 0 Å². The molecule has 0 unspecified atom stereocenters. The van der Waals surface area contributed by atoms with E-state index in [4.69, 9.17) is 4.74 Å². The van der Waals surface area contributed by atoms with Crippen molar-refractivity contribution < 1.29 is 9.53 Å². The molecular weight excluding hydrogens is 192 g/mol. The van der Waals surface area contributed by atoms with E-state index in [0.717, 1.165) is 44.9 Å². The number of hydrogen-bond donors (Lipinski definition) is 1. The van der Waals surface area contributed by atoms with Gasteiger partial charge in [0.15, 0.2) is 0 Å². The summed E-state index contributed by atoms with van der Waals surface area (Å²) >= 11 is 0. The molecule has 0 aliphatic carbocycles. The Bertz CT molecular complexity index is 189. The molecule has 1 N–H and O–H groups in total. The molecule has 0 spiro atoms. The zero-order chi connectivity index (χ0) is 11.1. The molecule has 1 saturated heterocycles. The van der Waals surface area contributed by atoms with Gasteiger partial charge in [-0.25, -0.2) is 0 Å². The van der Waals surface area contributed by atoms with Crippen molar-refractivity contribution in [2.45, 2.75) is 19.8 Å². The van der Waals surface area contributed by atoms with Crippen molar-refractivity contribution in [1.29, 1.82) is 0 Å². The van der Waals surface area contributed by atoms with Crippen LogP contribution in [0.25, 0.3) is 0 Å². The number of nitrogens with zero attached hydrogens (tertiary/aromatic N) is 1. The lowest BCUT2D eigenvalue weighted by Gasteiger charge is -2.31. The van der Waals surface area contributed by atoms with Crippen LogP contribution in [0.15, 0.2) is 0 Å². The molecule has 1 amide bonds. The fourth-order valence-electron chi connectivity index (χ4n) is 1.95. The van der Waals surface area contributed by atoms with Gasteiger partial charge in [0.05, 0.1) is 0 Å². The van der Waals surface area contributed by atoms with Crippen molar-refractivity contribution in [2.24, 2.45) is 5.92 Å². The predicted octanol–water partition coefficient (Wildman–Crippen LogP) is 0.481. The van der Waals surface area contributed by atoms with Crippen LogP contribution in [0.5, 0.6) is 0 Å². The number of carbonyl (C=O) groups excluding carboxylic acids is 1. The summed E-state index contributed by atoms with van der Waals surface area (Å²) in [4.78, 5) is 13.4. The molecule has 0 aromatic rings. The molecule has 1 aliphatic rings. The van der Waals surface area contributed by atoms with Gasteiger partial charge in [-0.2, -0.15) is 0 Å². The highest BCUT2D eigenvalue weighted by Crippen LogP contribution is 2.16. The van der Waals surface area contributed by atoms with E-state index in [9.17, 15) is 4.79 Å². The molecule has 0 aromatic carbocycles. The zero-order valence-corrected chi connectivity index (χ0v) is 9.79. The minimum Gasteiger partial charge on any atom is -0.375 e. The number of amides is 1. The Kier molecular flexibility index (Phi) is 5.65. The van der Waals surface area contributed by atoms with Crippen LogP contribution in [0.3, 0.4) is 0 Å². The fourth-order valence-corrected chi connectivity index (χ4v) is 1.95. The van der Waals surface area contributed by atoms with Gasteiger partial charge in [-0.15, -0.1) is 0 Å². The third-order valence-electron chi connectivity index (χ3n) is 2.92. The third-order valence-corrected chi connectivity index (χ3v) is 2.92. The minimum absolute atomic E-state index is 0.124. The molecule has 1 fully saturated rings. The summed E-state index contributed by atoms with van der Waals surface area (Å²) in [6.45, 7) is 6.23. The molecule has 1 rings (SSSR count). The number of likely N-dealkylation sites (tertiary alicyclic amines) is 1. The van der Waals surface area contributed by atoms with E-state index in [-0.39, 0.29) is 12.5 Å². The summed E-state index contributed by atoms with van der Waals surface area (Å²) in [6.07, 6.45) is 2.23. The molecule has 1 aliphatic heterocycles. The average molecular weight is 214 g/mol. The Morgan fingerprint density at radius 3 is 2.67 bits per heavy atom. The first-order chi connectivity index (χ1) is 7.27. The SMILES string of the molecule is CCNCC1CCN(C(=O)COC)CC1. The fraction of sp³-hybridized carbons (Fsp3) is 0.909. The van der Waals surface area contributed by atoms with E-state index in [1.165, 1.54) is 0 Å². The van der Waals surface area contributed by atoms with Crippen LogP contribution in [-0.4, -0.2) is 50.7 Å². The summed E-state index contributed by atoms with van der Waals surface area (Å²) in [5.74, 6) is 0.857. The second kappa shape index (κ2) is 6.80. The first kappa shape index (κ1) is 12.5. The van der Waals surface area contributed by atoms with Crippen molar-refractivity contribution in [3.8, 4) is 0 Å². The van der Waals surface area contributed by atoms with Crippen LogP contribution in [0.4, 0.5) is 0 Å². The highest BCUT2D eigenvalue weighted by molar-refractivity contribution is 5.77. The maximum Gasteiger partial charge on any atom is 0.248 e. The maximum absolute atomic E-state index is 11.5. The van der Waals surface area contributed by atoms with E-state index < -0.39 is 0 Å². The standard InChI is InChI=1S/C11H22N2O2/c1-3-12-8-10-4-6-13(7-5-10)11(14)9-15-2/h10,12H,3-9H2,1-2H3. The smallest absolute Gasteiger partial charge is 0.248 e. The summed E-state index contributed by atoms with van der Waals surface area (Å²) in [6, 6.07) is 0. The second-order valence-electron chi connectivity index (χ2n) is 4.06. The molecule has 4 nitrogen and oxygen atoms in total. The number of carbonyl (C=O) groups is 1. The summed E-state index contributed by atoms with van der Waals surface area (Å²) in [5.41, 5.74) is 0. The van der Waals surface area contributed by atoms with Crippen molar-refractivity contribution in [3.05, 3.63) is 0 Å². The lowest BCUT2D eigenvalue weighted by molar-refractivity contribution is -0.136. The quantitative estimate of drug-likeness (QED) is 0.724. The predicted molar refractivity (Wildman–Crippen MR) is 59.7 cm³/mol. The molecule has 15 heavy (non-hydrogen) atoms. The van der Waals surface area contributed by atoms with E-state index in [0.29, 0.717) is 0 Å². The molecule has 0 saturated carbocycles. The highest BCUT2D eigenvalue weighted by atomic mass is 16.5. The van der Waals surface area contributed by atoms with Crippen LogP contribution in [0.2, 0.25) is 0 Å². The van der Waals surface area contributed by atoms with Crippen LogP contribution in [0, 0.1) is 5.92 Å². The monoisotopic (exact) mass is 214 g/mol. The second-order valence-corrected chi connectivity index (χ2v) is 4.06. The van der Waals surface area contributed by atoms with Crippen LogP contribution < -0.4 is 5.32 Å². The molecule has 1 heterocycles. The molecule has 0 aromatic heterocycles. The molecule has 0 bridgehead atoms.